The third-order valence-corrected chi connectivity index (χ3v) is 7.78. The predicted molar refractivity (Wildman–Crippen MR) is 134 cm³/mol. The van der Waals surface area contributed by atoms with Gasteiger partial charge >= 0.3 is 0 Å². The van der Waals surface area contributed by atoms with E-state index < -0.39 is 10.0 Å². The van der Waals surface area contributed by atoms with Crippen LogP contribution in [0, 0.1) is 34.6 Å². The van der Waals surface area contributed by atoms with Gasteiger partial charge < -0.3 is 5.32 Å². The first-order valence-corrected chi connectivity index (χ1v) is 12.5. The molecule has 0 radical (unpaired) electrons. The van der Waals surface area contributed by atoms with Crippen LogP contribution in [0.2, 0.25) is 0 Å². The van der Waals surface area contributed by atoms with Gasteiger partial charge in [-0.1, -0.05) is 53.6 Å². The second-order valence-corrected chi connectivity index (χ2v) is 10.6. The van der Waals surface area contributed by atoms with Gasteiger partial charge in [-0.25, -0.2) is 8.42 Å². The third kappa shape index (κ3) is 5.45. The van der Waals surface area contributed by atoms with Gasteiger partial charge in [0.25, 0.3) is 10.0 Å². The van der Waals surface area contributed by atoms with Crippen molar-refractivity contribution in [2.45, 2.75) is 52.5 Å². The van der Waals surface area contributed by atoms with Gasteiger partial charge in [-0.05, 0) is 82.0 Å². The van der Waals surface area contributed by atoms with E-state index in [0.717, 1.165) is 33.4 Å². The second-order valence-electron chi connectivity index (χ2n) is 8.69. The molecule has 3 aromatic carbocycles. The minimum atomic E-state index is -3.95. The summed E-state index contributed by atoms with van der Waals surface area (Å²) in [5.74, 6) is -0.362. The summed E-state index contributed by atoms with van der Waals surface area (Å²) in [6, 6.07) is 18.0. The van der Waals surface area contributed by atoms with Crippen molar-refractivity contribution in [2.75, 3.05) is 10.8 Å². The summed E-state index contributed by atoms with van der Waals surface area (Å²) in [7, 11) is -3.95. The molecule has 0 aliphatic rings. The molecule has 0 aromatic heterocycles. The van der Waals surface area contributed by atoms with Gasteiger partial charge in [0.15, 0.2) is 0 Å². The lowest BCUT2D eigenvalue weighted by Gasteiger charge is -2.27. The average Bonchev–Trinajstić information content (AvgIpc) is 2.74. The summed E-state index contributed by atoms with van der Waals surface area (Å²) in [6.45, 7) is 11.3. The van der Waals surface area contributed by atoms with Crippen molar-refractivity contribution in [1.29, 1.82) is 0 Å². The Labute approximate surface area is 197 Å². The van der Waals surface area contributed by atoms with Gasteiger partial charge in [0.2, 0.25) is 5.91 Å². The summed E-state index contributed by atoms with van der Waals surface area (Å²) in [5, 5.41) is 2.98. The first-order chi connectivity index (χ1) is 15.5. The van der Waals surface area contributed by atoms with E-state index in [1.54, 1.807) is 30.3 Å². The van der Waals surface area contributed by atoms with Crippen LogP contribution in [0.4, 0.5) is 5.69 Å². The molecule has 1 amide bonds. The third-order valence-electron chi connectivity index (χ3n) is 6.01. The fraction of sp³-hybridized carbons (Fsp3) is 0.296. The summed E-state index contributed by atoms with van der Waals surface area (Å²) >= 11 is 0. The minimum Gasteiger partial charge on any atom is -0.348 e. The van der Waals surface area contributed by atoms with Gasteiger partial charge in [0, 0.05) is 0 Å². The molecule has 3 aromatic rings. The monoisotopic (exact) mass is 464 g/mol. The molecule has 0 unspecified atom stereocenters. The van der Waals surface area contributed by atoms with E-state index in [2.05, 4.69) is 11.4 Å². The molecule has 0 saturated carbocycles. The van der Waals surface area contributed by atoms with Crippen molar-refractivity contribution in [3.05, 3.63) is 94.0 Å². The van der Waals surface area contributed by atoms with Crippen LogP contribution in [0.15, 0.2) is 65.6 Å². The number of sulfonamides is 1. The highest BCUT2D eigenvalue weighted by atomic mass is 32.2. The standard InChI is InChI=1S/C27H32N2O3S/c1-18-10-13-24(14-11-18)33(31,32)29(26-9-7-8-20(3)22(26)5)17-27(30)28-23(6)25-15-12-19(2)16-21(25)4/h7-16,23H,17H2,1-6H3,(H,28,30)/t23-/m0/s1. The highest BCUT2D eigenvalue weighted by molar-refractivity contribution is 7.92. The second kappa shape index (κ2) is 9.79. The van der Waals surface area contributed by atoms with Crippen molar-refractivity contribution in [3.8, 4) is 0 Å². The van der Waals surface area contributed by atoms with Gasteiger partial charge in [-0.15, -0.1) is 0 Å². The van der Waals surface area contributed by atoms with E-state index in [0.29, 0.717) is 5.69 Å². The number of hydrogen-bond acceptors (Lipinski definition) is 3. The number of aryl methyl sites for hydroxylation is 4. The lowest BCUT2D eigenvalue weighted by molar-refractivity contribution is -0.120. The van der Waals surface area contributed by atoms with Gasteiger partial charge in [0.1, 0.15) is 6.54 Å². The van der Waals surface area contributed by atoms with Crippen LogP contribution < -0.4 is 9.62 Å². The van der Waals surface area contributed by atoms with Crippen LogP contribution in [0.1, 0.15) is 46.3 Å². The van der Waals surface area contributed by atoms with Gasteiger partial charge in [-0.3, -0.25) is 9.10 Å². The topological polar surface area (TPSA) is 66.5 Å². The van der Waals surface area contributed by atoms with Crippen LogP contribution in [0.25, 0.3) is 0 Å². The molecule has 0 bridgehead atoms. The molecule has 1 N–H and O–H groups in total. The number of nitrogens with one attached hydrogen (secondary N) is 1. The molecule has 1 atom stereocenters. The van der Waals surface area contributed by atoms with Crippen molar-refractivity contribution in [2.24, 2.45) is 0 Å². The molecule has 0 aliphatic carbocycles. The maximum Gasteiger partial charge on any atom is 0.264 e. The average molecular weight is 465 g/mol. The predicted octanol–water partition coefficient (Wildman–Crippen LogP) is 5.30. The highest BCUT2D eigenvalue weighted by Crippen LogP contribution is 2.29. The Hall–Kier alpha value is -3.12. The summed E-state index contributed by atoms with van der Waals surface area (Å²) < 4.78 is 28.5. The van der Waals surface area contributed by atoms with E-state index in [1.165, 1.54) is 4.31 Å². The van der Waals surface area contributed by atoms with Crippen molar-refractivity contribution in [3.63, 3.8) is 0 Å². The Bertz CT molecular complexity index is 1270. The Morgan fingerprint density at radius 1 is 0.879 bits per heavy atom. The van der Waals surface area contributed by atoms with Gasteiger partial charge in [0.05, 0.1) is 16.6 Å². The first-order valence-electron chi connectivity index (χ1n) is 11.0. The molecule has 0 fully saturated rings. The molecule has 5 nitrogen and oxygen atoms in total. The zero-order chi connectivity index (χ0) is 24.3. The molecule has 0 heterocycles. The molecule has 33 heavy (non-hydrogen) atoms. The fourth-order valence-corrected chi connectivity index (χ4v) is 5.43. The number of carbonyl (C=O) groups excluding carboxylic acids is 1. The molecule has 0 spiro atoms. The maximum atomic E-state index is 13.6. The Balaban J connectivity index is 1.95. The summed E-state index contributed by atoms with van der Waals surface area (Å²) in [5.41, 5.74) is 6.50. The number of amides is 1. The zero-order valence-electron chi connectivity index (χ0n) is 20.1. The normalized spacial score (nSPS) is 12.3. The SMILES string of the molecule is Cc1ccc(S(=O)(=O)N(CC(=O)N[C@@H](C)c2ccc(C)cc2C)c2cccc(C)c2C)cc1. The van der Waals surface area contributed by atoms with Gasteiger partial charge in [-0.2, -0.15) is 0 Å². The quantitative estimate of drug-likeness (QED) is 0.516. The van der Waals surface area contributed by atoms with Crippen molar-refractivity contribution in [1.82, 2.24) is 5.32 Å². The fourth-order valence-electron chi connectivity index (χ4n) is 3.95. The molecule has 0 aliphatic heterocycles. The number of nitrogens with zero attached hydrogens (tertiary/aromatic N) is 1. The van der Waals surface area contributed by atoms with E-state index in [1.807, 2.05) is 65.8 Å². The van der Waals surface area contributed by atoms with Crippen LogP contribution >= 0.6 is 0 Å². The molecule has 6 heteroatoms. The smallest absolute Gasteiger partial charge is 0.264 e. The van der Waals surface area contributed by atoms with Crippen molar-refractivity contribution < 1.29 is 13.2 Å². The number of benzene rings is 3. The van der Waals surface area contributed by atoms with E-state index in [9.17, 15) is 13.2 Å². The molecular formula is C27H32N2O3S. The Morgan fingerprint density at radius 3 is 2.15 bits per heavy atom. The maximum absolute atomic E-state index is 13.6. The first kappa shape index (κ1) is 24.5. The number of rotatable bonds is 7. The molecular weight excluding hydrogens is 432 g/mol. The van der Waals surface area contributed by atoms with E-state index in [4.69, 9.17) is 0 Å². The lowest BCUT2D eigenvalue weighted by Crippen LogP contribution is -2.42. The van der Waals surface area contributed by atoms with Crippen LogP contribution in [-0.4, -0.2) is 20.9 Å². The lowest BCUT2D eigenvalue weighted by atomic mass is 10.0. The van der Waals surface area contributed by atoms with Crippen LogP contribution in [0.3, 0.4) is 0 Å². The Kier molecular flexibility index (Phi) is 7.28. The summed E-state index contributed by atoms with van der Waals surface area (Å²) in [6.07, 6.45) is 0. The largest absolute Gasteiger partial charge is 0.348 e. The highest BCUT2D eigenvalue weighted by Gasteiger charge is 2.29. The Morgan fingerprint density at radius 2 is 1.52 bits per heavy atom. The van der Waals surface area contributed by atoms with Crippen molar-refractivity contribution >= 4 is 21.6 Å². The van der Waals surface area contributed by atoms with Crippen LogP contribution in [0.5, 0.6) is 0 Å². The van der Waals surface area contributed by atoms with Crippen LogP contribution in [-0.2, 0) is 14.8 Å². The number of carbonyl (C=O) groups is 1. The molecule has 174 valence electrons. The number of anilines is 1. The van der Waals surface area contributed by atoms with E-state index >= 15 is 0 Å². The van der Waals surface area contributed by atoms with E-state index in [-0.39, 0.29) is 23.4 Å². The number of hydrogen-bond donors (Lipinski definition) is 1. The molecule has 3 rings (SSSR count). The summed E-state index contributed by atoms with van der Waals surface area (Å²) in [4.78, 5) is 13.3. The zero-order valence-corrected chi connectivity index (χ0v) is 21.0. The minimum absolute atomic E-state index is 0.157. The molecule has 0 saturated heterocycles.